The van der Waals surface area contributed by atoms with E-state index in [9.17, 15) is 4.79 Å². The summed E-state index contributed by atoms with van der Waals surface area (Å²) in [6.45, 7) is 7.14. The average Bonchev–Trinajstić information content (AvgIpc) is 3.09. The highest BCUT2D eigenvalue weighted by molar-refractivity contribution is 7.07. The molecule has 0 unspecified atom stereocenters. The molecule has 0 N–H and O–H groups in total. The molecule has 3 aliphatic heterocycles. The third-order valence-corrected chi connectivity index (χ3v) is 5.88. The minimum atomic E-state index is 0.0999. The van der Waals surface area contributed by atoms with E-state index in [2.05, 4.69) is 19.9 Å². The van der Waals surface area contributed by atoms with E-state index >= 15 is 0 Å². The van der Waals surface area contributed by atoms with Gasteiger partial charge in [0.15, 0.2) is 0 Å². The zero-order chi connectivity index (χ0) is 16.7. The summed E-state index contributed by atoms with van der Waals surface area (Å²) in [5.74, 6) is 1.28. The van der Waals surface area contributed by atoms with Crippen molar-refractivity contribution in [2.24, 2.45) is 5.92 Å². The highest BCUT2D eigenvalue weighted by atomic mass is 32.1. The highest BCUT2D eigenvalue weighted by Gasteiger charge is 2.40. The number of carbonyl (C=O) groups excluding carboxylic acids is 1. The standard InChI is InChI=1S/C17H22N4O2S/c1-11-16(12(2)23-19-11)8-20-5-13-3-4-15(7-20)21(17(13)22)6-14-9-24-10-18-14/h9-10,13,15H,3-8H2,1-2H3/t13-,15+/m1/s1. The van der Waals surface area contributed by atoms with Crippen LogP contribution in [0, 0.1) is 19.8 Å². The van der Waals surface area contributed by atoms with Crippen LogP contribution in [0.25, 0.3) is 0 Å². The van der Waals surface area contributed by atoms with Crippen LogP contribution in [0.2, 0.25) is 0 Å². The molecule has 0 spiro atoms. The first-order valence-corrected chi connectivity index (χ1v) is 9.37. The number of hydrogen-bond acceptors (Lipinski definition) is 6. The van der Waals surface area contributed by atoms with Gasteiger partial charge >= 0.3 is 0 Å². The van der Waals surface area contributed by atoms with Gasteiger partial charge in [0.2, 0.25) is 5.91 Å². The van der Waals surface area contributed by atoms with Crippen LogP contribution in [-0.2, 0) is 17.9 Å². The Balaban J connectivity index is 1.52. The van der Waals surface area contributed by atoms with E-state index in [1.807, 2.05) is 24.7 Å². The molecule has 128 valence electrons. The topological polar surface area (TPSA) is 62.5 Å². The molecule has 2 aromatic heterocycles. The number of thiazole rings is 1. The fourth-order valence-corrected chi connectivity index (χ4v) is 4.46. The predicted molar refractivity (Wildman–Crippen MR) is 90.4 cm³/mol. The van der Waals surface area contributed by atoms with Gasteiger partial charge in [0.25, 0.3) is 0 Å². The van der Waals surface area contributed by atoms with Gasteiger partial charge < -0.3 is 9.42 Å². The molecule has 2 bridgehead atoms. The van der Waals surface area contributed by atoms with Crippen molar-refractivity contribution in [2.45, 2.75) is 45.8 Å². The lowest BCUT2D eigenvalue weighted by molar-refractivity contribution is -0.140. The van der Waals surface area contributed by atoms with Crippen molar-refractivity contribution in [3.8, 4) is 0 Å². The number of nitrogens with zero attached hydrogens (tertiary/aromatic N) is 4. The molecule has 24 heavy (non-hydrogen) atoms. The SMILES string of the molecule is Cc1noc(C)c1CN1C[C@H]2CC[C@@H](C1)N(Cc1cscn1)C2=O. The molecule has 3 aliphatic rings. The molecule has 0 aliphatic carbocycles. The zero-order valence-electron chi connectivity index (χ0n) is 14.1. The van der Waals surface area contributed by atoms with Crippen LogP contribution < -0.4 is 0 Å². The minimum Gasteiger partial charge on any atom is -0.361 e. The van der Waals surface area contributed by atoms with Gasteiger partial charge in [-0.25, -0.2) is 4.98 Å². The number of aryl methyl sites for hydroxylation is 2. The Morgan fingerprint density at radius 2 is 2.17 bits per heavy atom. The maximum absolute atomic E-state index is 12.9. The van der Waals surface area contributed by atoms with Gasteiger partial charge in [-0.1, -0.05) is 5.16 Å². The van der Waals surface area contributed by atoms with Crippen molar-refractivity contribution in [3.05, 3.63) is 33.6 Å². The Bertz CT molecular complexity index is 708. The smallest absolute Gasteiger partial charge is 0.227 e. The van der Waals surface area contributed by atoms with Crippen molar-refractivity contribution in [1.29, 1.82) is 0 Å². The third-order valence-electron chi connectivity index (χ3n) is 5.25. The molecule has 5 heterocycles. The Morgan fingerprint density at radius 3 is 2.88 bits per heavy atom. The molecule has 0 saturated carbocycles. The summed E-state index contributed by atoms with van der Waals surface area (Å²) in [6, 6.07) is 0.276. The largest absolute Gasteiger partial charge is 0.361 e. The number of rotatable bonds is 4. The van der Waals surface area contributed by atoms with Gasteiger partial charge in [0.05, 0.1) is 29.4 Å². The van der Waals surface area contributed by atoms with Crippen LogP contribution in [-0.4, -0.2) is 45.0 Å². The number of piperidine rings is 1. The fourth-order valence-electron chi connectivity index (χ4n) is 3.91. The molecule has 0 radical (unpaired) electrons. The van der Waals surface area contributed by atoms with Gasteiger partial charge in [-0.2, -0.15) is 0 Å². The van der Waals surface area contributed by atoms with E-state index in [1.165, 1.54) is 0 Å². The van der Waals surface area contributed by atoms with Crippen molar-refractivity contribution >= 4 is 17.2 Å². The minimum absolute atomic E-state index is 0.0999. The molecule has 2 atom stereocenters. The van der Waals surface area contributed by atoms with Crippen LogP contribution in [0.5, 0.6) is 0 Å². The Kier molecular flexibility index (Phi) is 4.14. The van der Waals surface area contributed by atoms with Crippen LogP contribution in [0.1, 0.15) is 35.6 Å². The number of amides is 1. The second-order valence-electron chi connectivity index (χ2n) is 6.87. The maximum atomic E-state index is 12.9. The lowest BCUT2D eigenvalue weighted by Crippen LogP contribution is -2.47. The van der Waals surface area contributed by atoms with E-state index in [0.29, 0.717) is 12.5 Å². The van der Waals surface area contributed by atoms with Crippen LogP contribution in [0.3, 0.4) is 0 Å². The van der Waals surface area contributed by atoms with E-state index in [1.54, 1.807) is 11.3 Å². The molecule has 2 aromatic rings. The van der Waals surface area contributed by atoms with E-state index in [0.717, 1.165) is 55.2 Å². The van der Waals surface area contributed by atoms with Crippen LogP contribution in [0.15, 0.2) is 15.4 Å². The monoisotopic (exact) mass is 346 g/mol. The van der Waals surface area contributed by atoms with Gasteiger partial charge in [0, 0.05) is 36.6 Å². The second kappa shape index (κ2) is 6.29. The summed E-state index contributed by atoms with van der Waals surface area (Å²) in [5.41, 5.74) is 4.95. The molecule has 7 heteroatoms. The molecule has 3 saturated heterocycles. The predicted octanol–water partition coefficient (Wildman–Crippen LogP) is 2.37. The lowest BCUT2D eigenvalue weighted by Gasteiger charge is -2.35. The summed E-state index contributed by atoms with van der Waals surface area (Å²) in [6.07, 6.45) is 2.08. The molecular formula is C17H22N4O2S. The number of fused-ring (bicyclic) bond motifs is 4. The number of carbonyl (C=O) groups is 1. The summed E-state index contributed by atoms with van der Waals surface area (Å²) < 4.78 is 5.29. The Labute approximate surface area is 145 Å². The summed E-state index contributed by atoms with van der Waals surface area (Å²) in [4.78, 5) is 21.7. The van der Waals surface area contributed by atoms with Crippen molar-refractivity contribution in [1.82, 2.24) is 19.9 Å². The normalized spacial score (nSPS) is 24.6. The molecule has 6 nitrogen and oxygen atoms in total. The first kappa shape index (κ1) is 15.8. The van der Waals surface area contributed by atoms with Gasteiger partial charge in [0.1, 0.15) is 5.76 Å². The van der Waals surface area contributed by atoms with Crippen molar-refractivity contribution in [3.63, 3.8) is 0 Å². The van der Waals surface area contributed by atoms with Crippen LogP contribution in [0.4, 0.5) is 0 Å². The molecule has 3 fully saturated rings. The van der Waals surface area contributed by atoms with E-state index < -0.39 is 0 Å². The quantitative estimate of drug-likeness (QED) is 0.850. The first-order chi connectivity index (χ1) is 11.6. The fraction of sp³-hybridized carbons (Fsp3) is 0.588. The molecule has 0 aromatic carbocycles. The van der Waals surface area contributed by atoms with Gasteiger partial charge in [-0.15, -0.1) is 11.3 Å². The highest BCUT2D eigenvalue weighted by Crippen LogP contribution is 2.31. The van der Waals surface area contributed by atoms with Crippen LogP contribution >= 0.6 is 11.3 Å². The Hall–Kier alpha value is -1.73. The molecular weight excluding hydrogens is 324 g/mol. The summed E-state index contributed by atoms with van der Waals surface area (Å²) in [5, 5.41) is 6.09. The zero-order valence-corrected chi connectivity index (χ0v) is 14.9. The Morgan fingerprint density at radius 1 is 1.29 bits per heavy atom. The first-order valence-electron chi connectivity index (χ1n) is 8.43. The van der Waals surface area contributed by atoms with Crippen molar-refractivity contribution in [2.75, 3.05) is 13.1 Å². The van der Waals surface area contributed by atoms with E-state index in [4.69, 9.17) is 4.52 Å². The maximum Gasteiger partial charge on any atom is 0.227 e. The van der Waals surface area contributed by atoms with Gasteiger partial charge in [-0.3, -0.25) is 9.69 Å². The number of aromatic nitrogens is 2. The molecule has 1 amide bonds. The number of hydrogen-bond donors (Lipinski definition) is 0. The van der Waals surface area contributed by atoms with Crippen molar-refractivity contribution < 1.29 is 9.32 Å². The average molecular weight is 346 g/mol. The second-order valence-corrected chi connectivity index (χ2v) is 7.59. The van der Waals surface area contributed by atoms with Gasteiger partial charge in [-0.05, 0) is 26.7 Å². The molecule has 5 rings (SSSR count). The summed E-state index contributed by atoms with van der Waals surface area (Å²) >= 11 is 1.58. The third kappa shape index (κ3) is 2.86. The van der Waals surface area contributed by atoms with E-state index in [-0.39, 0.29) is 12.0 Å². The lowest BCUT2D eigenvalue weighted by atomic mass is 9.94. The summed E-state index contributed by atoms with van der Waals surface area (Å²) in [7, 11) is 0.